The van der Waals surface area contributed by atoms with Gasteiger partial charge < -0.3 is 38.7 Å². The second-order valence-corrected chi connectivity index (χ2v) is 33.4. The Morgan fingerprint density at radius 1 is 0.614 bits per heavy atom. The maximum Gasteiger partial charge on any atom is 0.496 e. The van der Waals surface area contributed by atoms with Gasteiger partial charge in [-0.2, -0.15) is 0 Å². The minimum absolute atomic E-state index is 0.124. The van der Waals surface area contributed by atoms with Gasteiger partial charge in [0.2, 0.25) is 0 Å². The number of esters is 2. The molecule has 0 saturated carbocycles. The van der Waals surface area contributed by atoms with Crippen LogP contribution in [0, 0.1) is 0 Å². The van der Waals surface area contributed by atoms with E-state index in [1.165, 1.54) is 19.6 Å². The molecule has 0 radical (unpaired) electrons. The summed E-state index contributed by atoms with van der Waals surface area (Å²) in [5.74, 6) is -1.08. The summed E-state index contributed by atoms with van der Waals surface area (Å²) in [6.45, 7) is 36.7. The summed E-state index contributed by atoms with van der Waals surface area (Å²) in [6, 6.07) is 15.4. The Hall–Kier alpha value is -4.88. The van der Waals surface area contributed by atoms with Crippen molar-refractivity contribution in [3.63, 3.8) is 0 Å². The number of fused-ring (bicyclic) bond motifs is 2. The fourth-order valence-corrected chi connectivity index (χ4v) is 24.6. The topological polar surface area (TPSA) is 185 Å². The standard InChI is InChI=1S/C23H32N4O2Si.C22H37BN2O2Si.C7H7BrN2O2/c1-14(2)30(15(3)4,16(5)6)27-11-10-17-12-18(13-25-22(17)27)20-9-8-19(24)21(26-20)23(28)29-7;1-15(2)28(16(3)4,17(5)6)25-12-11-18-13-19(14-24-20(18)25)23-26-21(7,8)22(9,10)27-23;1-12-7(11)6-4(9)2-3-5(8)10-6/h8-16H,24H2,1-7H3;11-17H,1-10H3;2-3H,9H2,1H3. The highest BCUT2D eigenvalue weighted by Gasteiger charge is 2.52. The summed E-state index contributed by atoms with van der Waals surface area (Å²) in [5, 5.41) is 2.25. The van der Waals surface area contributed by atoms with Gasteiger partial charge in [0.15, 0.2) is 27.9 Å². The van der Waals surface area contributed by atoms with Gasteiger partial charge in [-0.3, -0.25) is 0 Å². The van der Waals surface area contributed by atoms with Gasteiger partial charge in [0.25, 0.3) is 0 Å². The molecule has 7 rings (SSSR count). The van der Waals surface area contributed by atoms with Gasteiger partial charge in [0, 0.05) is 34.2 Å². The molecule has 0 aromatic carbocycles. The highest BCUT2D eigenvalue weighted by molar-refractivity contribution is 9.10. The van der Waals surface area contributed by atoms with Crippen molar-refractivity contribution in [1.29, 1.82) is 0 Å². The number of hydrogen-bond acceptors (Lipinski definition) is 12. The SMILES string of the molecule is CC(C)[Si](C(C)C)(C(C)C)n1ccc2cc(B3OC(C)(C)C(C)(C)O3)cnc21.COC(=O)c1nc(-c2cnc3c(ccn3[Si](C(C)C)(C(C)C)C(C)C)c2)ccc1N.COC(=O)c1nc(Br)ccc1N. The number of pyridine rings is 4. The Balaban J connectivity index is 0.000000212. The summed E-state index contributed by atoms with van der Waals surface area (Å²) >= 11 is 3.12. The molecule has 0 spiro atoms. The van der Waals surface area contributed by atoms with E-state index >= 15 is 0 Å². The van der Waals surface area contributed by atoms with E-state index < -0.39 is 28.4 Å². The lowest BCUT2D eigenvalue weighted by Gasteiger charge is -2.44. The summed E-state index contributed by atoms with van der Waals surface area (Å²) < 4.78 is 27.3. The quantitative estimate of drug-likeness (QED) is 0.0672. The predicted molar refractivity (Wildman–Crippen MR) is 295 cm³/mol. The highest BCUT2D eigenvalue weighted by atomic mass is 79.9. The van der Waals surface area contributed by atoms with E-state index in [0.29, 0.717) is 54.9 Å². The van der Waals surface area contributed by atoms with Crippen molar-refractivity contribution >= 4 is 90.4 Å². The van der Waals surface area contributed by atoms with Crippen molar-refractivity contribution in [2.75, 3.05) is 25.7 Å². The van der Waals surface area contributed by atoms with Crippen LogP contribution in [0.2, 0.25) is 33.2 Å². The van der Waals surface area contributed by atoms with Crippen molar-refractivity contribution in [2.24, 2.45) is 0 Å². The maximum atomic E-state index is 12.0. The lowest BCUT2D eigenvalue weighted by Crippen LogP contribution is -2.51. The van der Waals surface area contributed by atoms with Crippen LogP contribution in [-0.4, -0.2) is 89.4 Å². The average molecular weight is 1060 g/mol. The Labute approximate surface area is 426 Å². The molecule has 14 nitrogen and oxygen atoms in total. The molecule has 0 bridgehead atoms. The third-order valence-corrected chi connectivity index (χ3v) is 28.8. The van der Waals surface area contributed by atoms with Crippen LogP contribution in [-0.2, 0) is 18.8 Å². The second-order valence-electron chi connectivity index (χ2n) is 21.2. The lowest BCUT2D eigenvalue weighted by atomic mass is 9.80. The summed E-state index contributed by atoms with van der Waals surface area (Å²) in [7, 11) is -1.47. The van der Waals surface area contributed by atoms with Gasteiger partial charge >= 0.3 is 19.1 Å². The number of nitrogens with two attached hydrogens (primary N) is 2. The smallest absolute Gasteiger partial charge is 0.464 e. The normalized spacial score (nSPS) is 14.7. The molecule has 4 N–H and O–H groups in total. The zero-order valence-corrected chi connectivity index (χ0v) is 48.2. The minimum Gasteiger partial charge on any atom is -0.464 e. The van der Waals surface area contributed by atoms with Gasteiger partial charge in [-0.05, 0) is 138 Å². The fourth-order valence-electron chi connectivity index (χ4n) is 11.2. The molecule has 0 atom stereocenters. The van der Waals surface area contributed by atoms with Gasteiger partial charge in [-0.25, -0.2) is 29.5 Å². The van der Waals surface area contributed by atoms with E-state index in [-0.39, 0.29) is 29.7 Å². The molecule has 6 aromatic heterocycles. The van der Waals surface area contributed by atoms with Crippen molar-refractivity contribution in [2.45, 2.75) is 155 Å². The monoisotopic (exact) mass is 1050 g/mol. The number of methoxy groups -OCH3 is 2. The Morgan fingerprint density at radius 3 is 1.44 bits per heavy atom. The van der Waals surface area contributed by atoms with Crippen LogP contribution in [0.25, 0.3) is 33.3 Å². The van der Waals surface area contributed by atoms with Crippen LogP contribution in [0.4, 0.5) is 11.4 Å². The summed E-state index contributed by atoms with van der Waals surface area (Å²) in [6.07, 6.45) is 8.27. The van der Waals surface area contributed by atoms with Crippen LogP contribution in [0.5, 0.6) is 0 Å². The first-order valence-electron chi connectivity index (χ1n) is 24.3. The first kappa shape index (κ1) is 56.0. The zero-order valence-electron chi connectivity index (χ0n) is 44.6. The molecule has 1 saturated heterocycles. The maximum absolute atomic E-state index is 12.0. The van der Waals surface area contributed by atoms with E-state index in [1.807, 2.05) is 12.4 Å². The molecule has 0 aliphatic carbocycles. The van der Waals surface area contributed by atoms with E-state index in [2.05, 4.69) is 187 Å². The zero-order chi connectivity index (χ0) is 52.4. The third kappa shape index (κ3) is 10.5. The predicted octanol–water partition coefficient (Wildman–Crippen LogP) is 12.1. The Kier molecular flexibility index (Phi) is 17.5. The van der Waals surface area contributed by atoms with E-state index in [9.17, 15) is 9.59 Å². The molecular weight excluding hydrogens is 980 g/mol. The molecular formula is C52H76BBrN8O6Si2. The minimum atomic E-state index is -1.89. The van der Waals surface area contributed by atoms with E-state index in [0.717, 1.165) is 27.7 Å². The molecule has 1 aliphatic heterocycles. The number of nitrogen functional groups attached to an aromatic ring is 2. The van der Waals surface area contributed by atoms with Crippen molar-refractivity contribution in [3.8, 4) is 11.3 Å². The number of anilines is 2. The first-order chi connectivity index (χ1) is 32.6. The lowest BCUT2D eigenvalue weighted by molar-refractivity contribution is 0.00578. The summed E-state index contributed by atoms with van der Waals surface area (Å²) in [4.78, 5) is 41.0. The van der Waals surface area contributed by atoms with Crippen LogP contribution >= 0.6 is 15.9 Å². The van der Waals surface area contributed by atoms with Gasteiger partial charge in [-0.15, -0.1) is 0 Å². The number of halogens is 1. The average Bonchev–Trinajstić information content (AvgIpc) is 3.96. The highest BCUT2D eigenvalue weighted by Crippen LogP contribution is 2.46. The fraction of sp³-hybridized carbons (Fsp3) is 0.500. The number of rotatable bonds is 12. The number of aromatic nitrogens is 6. The Bertz CT molecular complexity index is 2750. The number of carbonyl (C=O) groups excluding carboxylic acids is 2. The molecule has 378 valence electrons. The number of carbonyl (C=O) groups is 2. The molecule has 70 heavy (non-hydrogen) atoms. The first-order valence-corrected chi connectivity index (χ1v) is 29.4. The van der Waals surface area contributed by atoms with Crippen molar-refractivity contribution in [1.82, 2.24) is 28.4 Å². The molecule has 6 aromatic rings. The van der Waals surface area contributed by atoms with E-state index in [1.54, 1.807) is 24.3 Å². The van der Waals surface area contributed by atoms with Gasteiger partial charge in [0.1, 0.15) is 15.9 Å². The molecule has 7 heterocycles. The third-order valence-electron chi connectivity index (χ3n) is 14.9. The number of ether oxygens (including phenoxy) is 2. The van der Waals surface area contributed by atoms with Gasteiger partial charge in [-0.1, -0.05) is 83.1 Å². The van der Waals surface area contributed by atoms with Crippen molar-refractivity contribution < 1.29 is 28.4 Å². The molecule has 1 aliphatic rings. The van der Waals surface area contributed by atoms with Crippen molar-refractivity contribution in [3.05, 3.63) is 89.3 Å². The van der Waals surface area contributed by atoms with Crippen LogP contribution in [0.3, 0.4) is 0 Å². The summed E-state index contributed by atoms with van der Waals surface area (Å²) in [5.41, 5.74) is 19.8. The second kappa shape index (κ2) is 21.9. The van der Waals surface area contributed by atoms with Crippen LogP contribution in [0.15, 0.2) is 77.9 Å². The largest absolute Gasteiger partial charge is 0.496 e. The molecule has 0 unspecified atom stereocenters. The Morgan fingerprint density at radius 2 is 1.01 bits per heavy atom. The van der Waals surface area contributed by atoms with E-state index in [4.69, 9.17) is 35.5 Å². The molecule has 18 heteroatoms. The molecule has 0 amide bonds. The number of hydrogen-bond donors (Lipinski definition) is 2. The van der Waals surface area contributed by atoms with Crippen LogP contribution < -0.4 is 16.9 Å². The molecule has 1 fully saturated rings. The van der Waals surface area contributed by atoms with Crippen LogP contribution in [0.1, 0.15) is 132 Å². The number of nitrogens with zero attached hydrogens (tertiary/aromatic N) is 6. The van der Waals surface area contributed by atoms with Gasteiger partial charge in [0.05, 0.1) is 42.5 Å².